The number of hydrogen-bond acceptors (Lipinski definition) is 5. The summed E-state index contributed by atoms with van der Waals surface area (Å²) in [5, 5.41) is 0. The van der Waals surface area contributed by atoms with Gasteiger partial charge in [-0.2, -0.15) is 0 Å². The third-order valence-corrected chi connectivity index (χ3v) is 4.65. The molecule has 0 aliphatic rings. The zero-order valence-corrected chi connectivity index (χ0v) is 18.2. The Balaban J connectivity index is 1.67. The van der Waals surface area contributed by atoms with Crippen LogP contribution in [0.1, 0.15) is 53.4 Å². The molecular formula is C24H36N2O3. The van der Waals surface area contributed by atoms with Gasteiger partial charge in [-0.3, -0.25) is 0 Å². The smallest absolute Gasteiger partial charge is 0.121 e. The van der Waals surface area contributed by atoms with Crippen LogP contribution in [0.5, 0.6) is 11.5 Å². The van der Waals surface area contributed by atoms with Crippen LogP contribution in [0.3, 0.4) is 0 Å². The molecule has 0 aromatic heterocycles. The molecule has 0 fully saturated rings. The van der Waals surface area contributed by atoms with Gasteiger partial charge in [0.2, 0.25) is 0 Å². The van der Waals surface area contributed by atoms with Crippen LogP contribution >= 0.6 is 0 Å². The van der Waals surface area contributed by atoms with Gasteiger partial charge >= 0.3 is 0 Å². The van der Waals surface area contributed by atoms with Gasteiger partial charge in [0, 0.05) is 23.5 Å². The fourth-order valence-electron chi connectivity index (χ4n) is 3.43. The van der Waals surface area contributed by atoms with Gasteiger partial charge in [0.15, 0.2) is 0 Å². The maximum atomic E-state index is 6.42. The average Bonchev–Trinajstić information content (AvgIpc) is 2.62. The van der Waals surface area contributed by atoms with E-state index in [-0.39, 0.29) is 11.2 Å². The van der Waals surface area contributed by atoms with Crippen LogP contribution in [-0.4, -0.2) is 24.4 Å². The van der Waals surface area contributed by atoms with Crippen molar-refractivity contribution in [2.24, 2.45) is 0 Å². The fourth-order valence-corrected chi connectivity index (χ4v) is 3.43. The molecule has 160 valence electrons. The molecule has 5 nitrogen and oxygen atoms in total. The Kier molecular flexibility index (Phi) is 8.21. The van der Waals surface area contributed by atoms with Crippen LogP contribution in [0.2, 0.25) is 0 Å². The van der Waals surface area contributed by atoms with Gasteiger partial charge in [-0.05, 0) is 77.6 Å². The lowest BCUT2D eigenvalue weighted by atomic mass is 9.97. The SMILES string of the molecule is CC(C)(CCCOc1cccc(N)c1)OC(C)(C)CCCOc1cccc(N)c1. The molecule has 0 saturated heterocycles. The van der Waals surface area contributed by atoms with E-state index in [2.05, 4.69) is 27.7 Å². The van der Waals surface area contributed by atoms with E-state index in [9.17, 15) is 0 Å². The summed E-state index contributed by atoms with van der Waals surface area (Å²) in [5.41, 5.74) is 12.5. The Labute approximate surface area is 175 Å². The van der Waals surface area contributed by atoms with E-state index >= 15 is 0 Å². The van der Waals surface area contributed by atoms with E-state index in [0.29, 0.717) is 24.6 Å². The summed E-state index contributed by atoms with van der Waals surface area (Å²) in [7, 11) is 0. The molecule has 0 radical (unpaired) electrons. The maximum absolute atomic E-state index is 6.42. The average molecular weight is 401 g/mol. The number of anilines is 2. The molecule has 4 N–H and O–H groups in total. The van der Waals surface area contributed by atoms with Gasteiger partial charge in [0.25, 0.3) is 0 Å². The van der Waals surface area contributed by atoms with Crippen LogP contribution in [0.15, 0.2) is 48.5 Å². The predicted octanol–water partition coefficient (Wildman–Crippen LogP) is 5.44. The lowest BCUT2D eigenvalue weighted by molar-refractivity contribution is -0.131. The first-order valence-corrected chi connectivity index (χ1v) is 10.3. The molecule has 29 heavy (non-hydrogen) atoms. The molecule has 0 atom stereocenters. The molecule has 2 aromatic rings. The second kappa shape index (κ2) is 10.4. The normalized spacial score (nSPS) is 12.0. The molecule has 0 aliphatic heterocycles. The van der Waals surface area contributed by atoms with E-state index in [1.807, 2.05) is 48.5 Å². The third-order valence-electron chi connectivity index (χ3n) is 4.65. The molecule has 0 bridgehead atoms. The number of nitrogen functional groups attached to an aromatic ring is 2. The quantitative estimate of drug-likeness (QED) is 0.366. The number of rotatable bonds is 12. The zero-order valence-electron chi connectivity index (χ0n) is 18.2. The Morgan fingerprint density at radius 2 is 1.10 bits per heavy atom. The number of ether oxygens (including phenoxy) is 3. The Morgan fingerprint density at radius 3 is 1.48 bits per heavy atom. The summed E-state index contributed by atoms with van der Waals surface area (Å²) in [5.74, 6) is 1.62. The second-order valence-corrected chi connectivity index (χ2v) is 8.67. The maximum Gasteiger partial charge on any atom is 0.121 e. The van der Waals surface area contributed by atoms with Crippen LogP contribution in [0.4, 0.5) is 11.4 Å². The topological polar surface area (TPSA) is 79.7 Å². The van der Waals surface area contributed by atoms with Gasteiger partial charge < -0.3 is 25.7 Å². The molecule has 0 heterocycles. The molecule has 2 aromatic carbocycles. The minimum Gasteiger partial charge on any atom is -0.494 e. The number of hydrogen-bond donors (Lipinski definition) is 2. The highest BCUT2D eigenvalue weighted by Crippen LogP contribution is 2.28. The van der Waals surface area contributed by atoms with Crippen LogP contribution in [-0.2, 0) is 4.74 Å². The molecular weight excluding hydrogens is 364 g/mol. The minimum absolute atomic E-state index is 0.225. The molecule has 5 heteroatoms. The van der Waals surface area contributed by atoms with Crippen molar-refractivity contribution in [3.8, 4) is 11.5 Å². The summed E-state index contributed by atoms with van der Waals surface area (Å²) in [6.07, 6.45) is 3.66. The highest BCUT2D eigenvalue weighted by Gasteiger charge is 2.28. The van der Waals surface area contributed by atoms with E-state index in [1.165, 1.54) is 0 Å². The van der Waals surface area contributed by atoms with Gasteiger partial charge in [0.05, 0.1) is 24.4 Å². The monoisotopic (exact) mass is 400 g/mol. The molecule has 2 rings (SSSR count). The van der Waals surface area contributed by atoms with Crippen molar-refractivity contribution < 1.29 is 14.2 Å². The van der Waals surface area contributed by atoms with Crippen molar-refractivity contribution in [2.75, 3.05) is 24.7 Å². The van der Waals surface area contributed by atoms with Gasteiger partial charge in [-0.1, -0.05) is 12.1 Å². The summed E-state index contributed by atoms with van der Waals surface area (Å²) in [6.45, 7) is 9.84. The number of nitrogens with two attached hydrogens (primary N) is 2. The van der Waals surface area contributed by atoms with Crippen LogP contribution < -0.4 is 20.9 Å². The fraction of sp³-hybridized carbons (Fsp3) is 0.500. The first-order valence-electron chi connectivity index (χ1n) is 10.3. The Bertz CT molecular complexity index is 696. The van der Waals surface area contributed by atoms with Crippen LogP contribution in [0, 0.1) is 0 Å². The zero-order chi connectivity index (χ0) is 21.3. The van der Waals surface area contributed by atoms with Crippen molar-refractivity contribution >= 4 is 11.4 Å². The first kappa shape index (κ1) is 22.9. The molecule has 0 spiro atoms. The van der Waals surface area contributed by atoms with Crippen molar-refractivity contribution in [1.29, 1.82) is 0 Å². The van der Waals surface area contributed by atoms with Crippen molar-refractivity contribution in [1.82, 2.24) is 0 Å². The lowest BCUT2D eigenvalue weighted by Gasteiger charge is -2.36. The van der Waals surface area contributed by atoms with Crippen molar-refractivity contribution in [2.45, 2.75) is 64.6 Å². The third kappa shape index (κ3) is 9.09. The largest absolute Gasteiger partial charge is 0.494 e. The Hall–Kier alpha value is -2.40. The summed E-state index contributed by atoms with van der Waals surface area (Å²) in [4.78, 5) is 0. The standard InChI is InChI=1S/C24H36N2O3/c1-23(2,13-7-15-27-21-11-5-9-19(25)17-21)29-24(3,4)14-8-16-28-22-12-6-10-20(26)18-22/h5-6,9-12,17-18H,7-8,13-16,25-26H2,1-4H3. The van der Waals surface area contributed by atoms with E-state index in [1.54, 1.807) is 0 Å². The van der Waals surface area contributed by atoms with E-state index in [0.717, 1.165) is 37.2 Å². The van der Waals surface area contributed by atoms with Gasteiger partial charge in [-0.15, -0.1) is 0 Å². The van der Waals surface area contributed by atoms with E-state index in [4.69, 9.17) is 25.7 Å². The van der Waals surface area contributed by atoms with Crippen molar-refractivity contribution in [3.05, 3.63) is 48.5 Å². The summed E-state index contributed by atoms with van der Waals surface area (Å²) in [6, 6.07) is 15.0. The van der Waals surface area contributed by atoms with Gasteiger partial charge in [-0.25, -0.2) is 0 Å². The predicted molar refractivity (Wildman–Crippen MR) is 120 cm³/mol. The van der Waals surface area contributed by atoms with Gasteiger partial charge in [0.1, 0.15) is 11.5 Å². The van der Waals surface area contributed by atoms with E-state index < -0.39 is 0 Å². The summed E-state index contributed by atoms with van der Waals surface area (Å²) < 4.78 is 18.0. The first-order chi connectivity index (χ1) is 13.7. The number of benzene rings is 2. The highest BCUT2D eigenvalue weighted by molar-refractivity contribution is 5.44. The molecule has 0 amide bonds. The van der Waals surface area contributed by atoms with Crippen LogP contribution in [0.25, 0.3) is 0 Å². The highest BCUT2D eigenvalue weighted by atomic mass is 16.5. The lowest BCUT2D eigenvalue weighted by Crippen LogP contribution is -2.37. The Morgan fingerprint density at radius 1 is 0.690 bits per heavy atom. The minimum atomic E-state index is -0.225. The summed E-state index contributed by atoms with van der Waals surface area (Å²) >= 11 is 0. The molecule has 0 aliphatic carbocycles. The van der Waals surface area contributed by atoms with Crippen molar-refractivity contribution in [3.63, 3.8) is 0 Å². The second-order valence-electron chi connectivity index (χ2n) is 8.67. The molecule has 0 unspecified atom stereocenters. The molecule has 0 saturated carbocycles.